The van der Waals surface area contributed by atoms with Gasteiger partial charge in [0.1, 0.15) is 4.90 Å². The number of halogens is 1. The number of benzene rings is 1. The van der Waals surface area contributed by atoms with Crippen molar-refractivity contribution in [2.24, 2.45) is 5.92 Å². The van der Waals surface area contributed by atoms with Crippen LogP contribution in [0.1, 0.15) is 55.8 Å². The van der Waals surface area contributed by atoms with Crippen molar-refractivity contribution in [2.75, 3.05) is 32.8 Å². The van der Waals surface area contributed by atoms with E-state index in [0.29, 0.717) is 51.2 Å². The zero-order chi connectivity index (χ0) is 21.7. The molecule has 0 N–H and O–H groups in total. The number of amides is 1. The Morgan fingerprint density at radius 2 is 1.70 bits per heavy atom. The van der Waals surface area contributed by atoms with Crippen LogP contribution in [-0.2, 0) is 19.6 Å². The molecule has 0 radical (unpaired) electrons. The van der Waals surface area contributed by atoms with Crippen LogP contribution < -0.4 is 0 Å². The molecular formula is C21H29ClN2O5S. The van der Waals surface area contributed by atoms with E-state index in [1.807, 2.05) is 0 Å². The summed E-state index contributed by atoms with van der Waals surface area (Å²) in [5.74, 6) is -0.665. The minimum atomic E-state index is -3.76. The highest BCUT2D eigenvalue weighted by Crippen LogP contribution is 2.29. The lowest BCUT2D eigenvalue weighted by Gasteiger charge is -2.31. The van der Waals surface area contributed by atoms with E-state index in [2.05, 4.69) is 0 Å². The highest BCUT2D eigenvalue weighted by molar-refractivity contribution is 7.89. The average Bonchev–Trinajstić information content (AvgIpc) is 3.04. The number of rotatable bonds is 5. The van der Waals surface area contributed by atoms with Crippen molar-refractivity contribution < 1.29 is 22.7 Å². The van der Waals surface area contributed by atoms with E-state index in [1.165, 1.54) is 16.4 Å². The summed E-state index contributed by atoms with van der Waals surface area (Å²) in [6.45, 7) is 3.92. The summed E-state index contributed by atoms with van der Waals surface area (Å²) in [6, 6.07) is 4.43. The third-order valence-electron chi connectivity index (χ3n) is 5.76. The molecule has 0 saturated carbocycles. The molecule has 0 spiro atoms. The Morgan fingerprint density at radius 1 is 1.07 bits per heavy atom. The van der Waals surface area contributed by atoms with E-state index < -0.39 is 10.0 Å². The second kappa shape index (κ2) is 10.1. The van der Waals surface area contributed by atoms with Crippen molar-refractivity contribution in [1.29, 1.82) is 0 Å². The fourth-order valence-corrected chi connectivity index (χ4v) is 6.03. The molecule has 1 aromatic rings. The summed E-state index contributed by atoms with van der Waals surface area (Å²) < 4.78 is 32.9. The van der Waals surface area contributed by atoms with E-state index in [1.54, 1.807) is 17.9 Å². The van der Waals surface area contributed by atoms with Crippen LogP contribution in [0.25, 0.3) is 0 Å². The monoisotopic (exact) mass is 456 g/mol. The maximum Gasteiger partial charge on any atom is 0.309 e. The number of hydrogen-bond acceptors (Lipinski definition) is 5. The van der Waals surface area contributed by atoms with Gasteiger partial charge in [-0.15, -0.1) is 0 Å². The summed E-state index contributed by atoms with van der Waals surface area (Å²) >= 11 is 6.23. The first-order valence-corrected chi connectivity index (χ1v) is 12.4. The van der Waals surface area contributed by atoms with Crippen molar-refractivity contribution in [3.63, 3.8) is 0 Å². The fraction of sp³-hybridized carbons (Fsp3) is 0.619. The molecule has 0 aromatic heterocycles. The van der Waals surface area contributed by atoms with Crippen LogP contribution in [0.2, 0.25) is 5.02 Å². The van der Waals surface area contributed by atoms with E-state index in [0.717, 1.165) is 25.7 Å². The number of esters is 1. The molecule has 2 fully saturated rings. The van der Waals surface area contributed by atoms with Gasteiger partial charge in [0.2, 0.25) is 10.0 Å². The Labute approximate surface area is 183 Å². The molecule has 1 aromatic carbocycles. The van der Waals surface area contributed by atoms with Gasteiger partial charge in [-0.25, -0.2) is 8.42 Å². The van der Waals surface area contributed by atoms with Crippen LogP contribution in [-0.4, -0.2) is 62.3 Å². The average molecular weight is 457 g/mol. The Balaban J connectivity index is 1.75. The molecule has 3 rings (SSSR count). The molecule has 0 bridgehead atoms. The Bertz CT molecular complexity index is 873. The summed E-state index contributed by atoms with van der Waals surface area (Å²) in [7, 11) is -3.76. The Morgan fingerprint density at radius 3 is 2.30 bits per heavy atom. The maximum atomic E-state index is 13.2. The van der Waals surface area contributed by atoms with Gasteiger partial charge in [0.25, 0.3) is 5.91 Å². The molecule has 30 heavy (non-hydrogen) atoms. The van der Waals surface area contributed by atoms with Gasteiger partial charge in [0.05, 0.1) is 17.5 Å². The van der Waals surface area contributed by atoms with Crippen LogP contribution in [0, 0.1) is 5.92 Å². The zero-order valence-corrected chi connectivity index (χ0v) is 18.9. The molecule has 2 aliphatic heterocycles. The third-order valence-corrected chi connectivity index (χ3v) is 8.14. The summed E-state index contributed by atoms with van der Waals surface area (Å²) in [6.07, 6.45) is 4.75. The van der Waals surface area contributed by atoms with Crippen molar-refractivity contribution in [1.82, 2.24) is 9.21 Å². The van der Waals surface area contributed by atoms with Crippen LogP contribution >= 0.6 is 11.6 Å². The van der Waals surface area contributed by atoms with Crippen LogP contribution in [0.4, 0.5) is 0 Å². The standard InChI is InChI=1S/C21H29ClN2O5S/c1-2-29-21(26)16-9-13-23(14-10-16)20(25)17-7-8-18(22)19(15-17)30(27,28)24-11-5-3-4-6-12-24/h7-8,15-16H,2-6,9-14H2,1H3. The second-order valence-corrected chi connectivity index (χ2v) is 10.1. The minimum Gasteiger partial charge on any atom is -0.466 e. The highest BCUT2D eigenvalue weighted by Gasteiger charge is 2.31. The van der Waals surface area contributed by atoms with Gasteiger partial charge < -0.3 is 9.64 Å². The molecule has 2 aliphatic rings. The fourth-order valence-electron chi connectivity index (χ4n) is 4.02. The van der Waals surface area contributed by atoms with E-state index in [4.69, 9.17) is 16.3 Å². The highest BCUT2D eigenvalue weighted by atomic mass is 35.5. The second-order valence-electron chi connectivity index (χ2n) is 7.78. The van der Waals surface area contributed by atoms with Crippen molar-refractivity contribution in [2.45, 2.75) is 50.3 Å². The quantitative estimate of drug-likeness (QED) is 0.634. The predicted molar refractivity (Wildman–Crippen MR) is 114 cm³/mol. The van der Waals surface area contributed by atoms with Gasteiger partial charge in [-0.05, 0) is 50.8 Å². The Kier molecular flexibility index (Phi) is 7.76. The summed E-state index contributed by atoms with van der Waals surface area (Å²) in [5, 5.41) is 0.122. The molecule has 0 unspecified atom stereocenters. The van der Waals surface area contributed by atoms with Gasteiger partial charge >= 0.3 is 5.97 Å². The first-order valence-electron chi connectivity index (χ1n) is 10.6. The van der Waals surface area contributed by atoms with Gasteiger partial charge in [-0.2, -0.15) is 4.31 Å². The molecule has 1 amide bonds. The first-order chi connectivity index (χ1) is 14.3. The number of sulfonamides is 1. The molecule has 2 saturated heterocycles. The van der Waals surface area contributed by atoms with E-state index in [9.17, 15) is 18.0 Å². The number of likely N-dealkylation sites (tertiary alicyclic amines) is 1. The lowest BCUT2D eigenvalue weighted by atomic mass is 9.96. The number of carbonyl (C=O) groups excluding carboxylic acids is 2. The van der Waals surface area contributed by atoms with Crippen molar-refractivity contribution in [3.8, 4) is 0 Å². The maximum absolute atomic E-state index is 13.2. The van der Waals surface area contributed by atoms with Crippen LogP contribution in [0.3, 0.4) is 0 Å². The first kappa shape index (κ1) is 23.0. The zero-order valence-electron chi connectivity index (χ0n) is 17.3. The lowest BCUT2D eigenvalue weighted by molar-refractivity contribution is -0.149. The van der Waals surface area contributed by atoms with Gasteiger partial charge in [0, 0.05) is 31.7 Å². The van der Waals surface area contributed by atoms with Crippen LogP contribution in [0.15, 0.2) is 23.1 Å². The molecule has 0 atom stereocenters. The lowest BCUT2D eigenvalue weighted by Crippen LogP contribution is -2.40. The predicted octanol–water partition coefficient (Wildman–Crippen LogP) is 3.32. The third kappa shape index (κ3) is 5.15. The summed E-state index contributed by atoms with van der Waals surface area (Å²) in [5.41, 5.74) is 0.294. The number of nitrogens with zero attached hydrogens (tertiary/aromatic N) is 2. The summed E-state index contributed by atoms with van der Waals surface area (Å²) in [4.78, 5) is 26.5. The molecule has 9 heteroatoms. The van der Waals surface area contributed by atoms with Crippen molar-refractivity contribution >= 4 is 33.5 Å². The van der Waals surface area contributed by atoms with E-state index in [-0.39, 0.29) is 27.7 Å². The number of ether oxygens (including phenoxy) is 1. The normalized spacial score (nSPS) is 19.3. The number of hydrogen-bond donors (Lipinski definition) is 0. The van der Waals surface area contributed by atoms with E-state index >= 15 is 0 Å². The topological polar surface area (TPSA) is 84.0 Å². The van der Waals surface area contributed by atoms with Crippen molar-refractivity contribution in [3.05, 3.63) is 28.8 Å². The van der Waals surface area contributed by atoms with Crippen LogP contribution in [0.5, 0.6) is 0 Å². The number of piperidine rings is 1. The van der Waals surface area contributed by atoms with Gasteiger partial charge in [-0.1, -0.05) is 24.4 Å². The molecule has 2 heterocycles. The SMILES string of the molecule is CCOC(=O)C1CCN(C(=O)c2ccc(Cl)c(S(=O)(=O)N3CCCCCC3)c2)CC1. The molecule has 0 aliphatic carbocycles. The largest absolute Gasteiger partial charge is 0.466 e. The number of carbonyl (C=O) groups is 2. The molecular weight excluding hydrogens is 428 g/mol. The van der Waals surface area contributed by atoms with Gasteiger partial charge in [-0.3, -0.25) is 9.59 Å². The minimum absolute atomic E-state index is 0.0154. The molecule has 166 valence electrons. The van der Waals surface area contributed by atoms with Gasteiger partial charge in [0.15, 0.2) is 0 Å². The smallest absolute Gasteiger partial charge is 0.309 e. The Hall–Kier alpha value is -1.64. The molecule has 7 nitrogen and oxygen atoms in total.